The van der Waals surface area contributed by atoms with E-state index >= 15 is 0 Å². The van der Waals surface area contributed by atoms with Gasteiger partial charge < -0.3 is 14.8 Å². The van der Waals surface area contributed by atoms with Gasteiger partial charge in [-0.25, -0.2) is 4.39 Å². The van der Waals surface area contributed by atoms with Crippen molar-refractivity contribution >= 4 is 27.5 Å². The van der Waals surface area contributed by atoms with Gasteiger partial charge in [0.15, 0.2) is 11.4 Å². The summed E-state index contributed by atoms with van der Waals surface area (Å²) < 4.78 is 27.4. The highest BCUT2D eigenvalue weighted by atomic mass is 79.9. The molecule has 1 aromatic heterocycles. The van der Waals surface area contributed by atoms with Gasteiger partial charge in [-0.3, -0.25) is 9.48 Å². The number of aromatic nitrogens is 2. The van der Waals surface area contributed by atoms with E-state index in [1.165, 1.54) is 16.9 Å². The Hall–Kier alpha value is -2.71. The Morgan fingerprint density at radius 3 is 2.76 bits per heavy atom. The van der Waals surface area contributed by atoms with E-state index in [9.17, 15) is 9.18 Å². The third-order valence-corrected chi connectivity index (χ3v) is 5.07. The van der Waals surface area contributed by atoms with Gasteiger partial charge in [-0.2, -0.15) is 5.10 Å². The number of nitrogens with one attached hydrogen (secondary N) is 1. The van der Waals surface area contributed by atoms with Crippen LogP contribution in [-0.2, 0) is 18.4 Å². The summed E-state index contributed by atoms with van der Waals surface area (Å²) in [6.07, 6.45) is 1.45. The van der Waals surface area contributed by atoms with E-state index in [2.05, 4.69) is 26.3 Å². The maximum Gasteiger partial charge on any atom is 0.277 e. The number of hydrogen-bond donors (Lipinski definition) is 1. The van der Waals surface area contributed by atoms with Crippen molar-refractivity contribution in [2.45, 2.75) is 13.5 Å². The summed E-state index contributed by atoms with van der Waals surface area (Å²) in [5.74, 6) is -0.733. The predicted molar refractivity (Wildman–Crippen MR) is 112 cm³/mol. The van der Waals surface area contributed by atoms with Gasteiger partial charge in [0.2, 0.25) is 0 Å². The molecule has 0 bridgehead atoms. The third-order valence-electron chi connectivity index (χ3n) is 4.21. The van der Waals surface area contributed by atoms with Crippen molar-refractivity contribution in [1.29, 1.82) is 0 Å². The van der Waals surface area contributed by atoms with Gasteiger partial charge in [0.1, 0.15) is 12.4 Å². The number of anilines is 1. The van der Waals surface area contributed by atoms with Gasteiger partial charge in [0, 0.05) is 11.5 Å². The van der Waals surface area contributed by atoms with Crippen LogP contribution in [0.25, 0.3) is 0 Å². The molecule has 0 atom stereocenters. The molecule has 1 N–H and O–H groups in total. The number of nitrogens with zero attached hydrogens (tertiary/aromatic N) is 2. The number of halogens is 2. The molecule has 29 heavy (non-hydrogen) atoms. The van der Waals surface area contributed by atoms with Gasteiger partial charge >= 0.3 is 0 Å². The standard InChI is InChI=1S/C21H21BrFN3O3/c1-14-10-18(17(23)11-16(14)22)25-21(27)20-19(12-24-26(20)2)29-9-8-28-13-15-6-4-3-5-7-15/h3-7,10-12H,8-9,13H2,1-2H3,(H,25,27). The summed E-state index contributed by atoms with van der Waals surface area (Å²) in [5.41, 5.74) is 2.17. The van der Waals surface area contributed by atoms with Crippen molar-refractivity contribution in [3.05, 3.63) is 75.8 Å². The van der Waals surface area contributed by atoms with Crippen LogP contribution in [0.4, 0.5) is 10.1 Å². The zero-order valence-corrected chi connectivity index (χ0v) is 17.7. The van der Waals surface area contributed by atoms with Crippen molar-refractivity contribution in [3.63, 3.8) is 0 Å². The maximum atomic E-state index is 14.1. The lowest BCUT2D eigenvalue weighted by Gasteiger charge is -2.11. The molecule has 1 heterocycles. The SMILES string of the molecule is Cc1cc(NC(=O)c2c(OCCOCc3ccccc3)cnn2C)c(F)cc1Br. The molecule has 0 aliphatic heterocycles. The van der Waals surface area contributed by atoms with Crippen LogP contribution in [0.15, 0.2) is 53.1 Å². The summed E-state index contributed by atoms with van der Waals surface area (Å²) in [5, 5.41) is 6.65. The van der Waals surface area contributed by atoms with Gasteiger partial charge in [-0.15, -0.1) is 0 Å². The zero-order chi connectivity index (χ0) is 20.8. The fourth-order valence-electron chi connectivity index (χ4n) is 2.69. The van der Waals surface area contributed by atoms with Crippen molar-refractivity contribution in [1.82, 2.24) is 9.78 Å². The first kappa shape index (κ1) is 21.0. The lowest BCUT2D eigenvalue weighted by Crippen LogP contribution is -2.19. The summed E-state index contributed by atoms with van der Waals surface area (Å²) in [7, 11) is 1.62. The smallest absolute Gasteiger partial charge is 0.277 e. The normalized spacial score (nSPS) is 10.8. The summed E-state index contributed by atoms with van der Waals surface area (Å²) in [6.45, 7) is 2.90. The second-order valence-corrected chi connectivity index (χ2v) is 7.26. The molecule has 152 valence electrons. The number of amides is 1. The molecule has 1 amide bonds. The molecule has 6 nitrogen and oxygen atoms in total. The number of hydrogen-bond acceptors (Lipinski definition) is 4. The second-order valence-electron chi connectivity index (χ2n) is 6.40. The highest BCUT2D eigenvalue weighted by Crippen LogP contribution is 2.25. The topological polar surface area (TPSA) is 65.4 Å². The molecule has 0 aliphatic rings. The Kier molecular flexibility index (Phi) is 7.00. The van der Waals surface area contributed by atoms with E-state index < -0.39 is 11.7 Å². The van der Waals surface area contributed by atoms with Gasteiger partial charge in [0.05, 0.1) is 25.1 Å². The lowest BCUT2D eigenvalue weighted by atomic mass is 10.2. The minimum Gasteiger partial charge on any atom is -0.487 e. The van der Waals surface area contributed by atoms with Crippen LogP contribution in [0.5, 0.6) is 5.75 Å². The Morgan fingerprint density at radius 2 is 2.00 bits per heavy atom. The molecule has 3 rings (SSSR count). The minimum absolute atomic E-state index is 0.0917. The molecule has 0 saturated carbocycles. The molecule has 0 unspecified atom stereocenters. The molecule has 0 saturated heterocycles. The largest absolute Gasteiger partial charge is 0.487 e. The predicted octanol–water partition coefficient (Wildman–Crippen LogP) is 4.48. The number of rotatable bonds is 8. The van der Waals surface area contributed by atoms with Crippen LogP contribution in [-0.4, -0.2) is 28.9 Å². The van der Waals surface area contributed by atoms with E-state index in [-0.39, 0.29) is 18.0 Å². The Labute approximate surface area is 176 Å². The highest BCUT2D eigenvalue weighted by Gasteiger charge is 2.20. The molecular formula is C21H21BrFN3O3. The summed E-state index contributed by atoms with van der Waals surface area (Å²) in [4.78, 5) is 12.7. The van der Waals surface area contributed by atoms with Gasteiger partial charge in [0.25, 0.3) is 5.91 Å². The van der Waals surface area contributed by atoms with Crippen LogP contribution in [0.3, 0.4) is 0 Å². The van der Waals surface area contributed by atoms with Crippen LogP contribution in [0.2, 0.25) is 0 Å². The Bertz CT molecular complexity index is 992. The Morgan fingerprint density at radius 1 is 1.24 bits per heavy atom. The van der Waals surface area contributed by atoms with Crippen molar-refractivity contribution in [2.24, 2.45) is 7.05 Å². The first-order valence-electron chi connectivity index (χ1n) is 8.99. The first-order chi connectivity index (χ1) is 14.0. The van der Waals surface area contributed by atoms with Gasteiger partial charge in [-0.1, -0.05) is 46.3 Å². The van der Waals surface area contributed by atoms with Crippen LogP contribution < -0.4 is 10.1 Å². The monoisotopic (exact) mass is 461 g/mol. The summed E-state index contributed by atoms with van der Waals surface area (Å²) >= 11 is 3.27. The van der Waals surface area contributed by atoms with E-state index in [1.807, 2.05) is 37.3 Å². The van der Waals surface area contributed by atoms with Crippen LogP contribution in [0.1, 0.15) is 21.6 Å². The molecule has 2 aromatic carbocycles. The molecular weight excluding hydrogens is 441 g/mol. The number of aryl methyl sites for hydroxylation is 2. The lowest BCUT2D eigenvalue weighted by molar-refractivity contribution is 0.0874. The quantitative estimate of drug-likeness (QED) is 0.502. The zero-order valence-electron chi connectivity index (χ0n) is 16.1. The van der Waals surface area contributed by atoms with Gasteiger partial charge in [-0.05, 0) is 30.2 Å². The van der Waals surface area contributed by atoms with Crippen molar-refractivity contribution < 1.29 is 18.7 Å². The molecule has 0 aliphatic carbocycles. The number of carbonyl (C=O) groups excluding carboxylic acids is 1. The molecule has 3 aromatic rings. The highest BCUT2D eigenvalue weighted by molar-refractivity contribution is 9.10. The maximum absolute atomic E-state index is 14.1. The average Bonchev–Trinajstić information content (AvgIpc) is 3.07. The van der Waals surface area contributed by atoms with E-state index in [0.29, 0.717) is 23.4 Å². The van der Waals surface area contributed by atoms with E-state index in [0.717, 1.165) is 11.1 Å². The summed E-state index contributed by atoms with van der Waals surface area (Å²) in [6, 6.07) is 12.7. The molecule has 0 spiro atoms. The number of carbonyl (C=O) groups is 1. The van der Waals surface area contributed by atoms with Crippen molar-refractivity contribution in [3.8, 4) is 5.75 Å². The van der Waals surface area contributed by atoms with Crippen LogP contribution >= 0.6 is 15.9 Å². The van der Waals surface area contributed by atoms with Crippen LogP contribution in [0, 0.1) is 12.7 Å². The minimum atomic E-state index is -0.533. The Balaban J connectivity index is 1.58. The second kappa shape index (κ2) is 9.67. The van der Waals surface area contributed by atoms with E-state index in [4.69, 9.17) is 9.47 Å². The average molecular weight is 462 g/mol. The van der Waals surface area contributed by atoms with E-state index in [1.54, 1.807) is 13.1 Å². The fourth-order valence-corrected chi connectivity index (χ4v) is 3.01. The van der Waals surface area contributed by atoms with Crippen molar-refractivity contribution in [2.75, 3.05) is 18.5 Å². The third kappa shape index (κ3) is 5.42. The molecule has 0 radical (unpaired) electrons. The molecule has 0 fully saturated rings. The number of benzene rings is 2. The number of ether oxygens (including phenoxy) is 2. The molecule has 8 heteroatoms. The first-order valence-corrected chi connectivity index (χ1v) is 9.78. The fraction of sp³-hybridized carbons (Fsp3) is 0.238.